The summed E-state index contributed by atoms with van der Waals surface area (Å²) in [5, 5.41) is 0. The normalized spacial score (nSPS) is 11.2. The fraction of sp³-hybridized carbons (Fsp3) is 0.478. The highest BCUT2D eigenvalue weighted by Crippen LogP contribution is 2.30. The van der Waals surface area contributed by atoms with Crippen LogP contribution in [0, 0.1) is 11.6 Å². The van der Waals surface area contributed by atoms with E-state index in [9.17, 15) is 8.78 Å². The third-order valence-electron chi connectivity index (χ3n) is 4.65. The molecular weight excluding hydrogens is 330 g/mol. The molecule has 0 atom stereocenters. The van der Waals surface area contributed by atoms with Gasteiger partial charge in [0, 0.05) is 0 Å². The van der Waals surface area contributed by atoms with Gasteiger partial charge in [-0.2, -0.15) is 0 Å². The van der Waals surface area contributed by atoms with Crippen molar-refractivity contribution in [2.24, 2.45) is 0 Å². The SMILES string of the molecule is CCCCCCCCOc1c(F)cc(-c2ccc(C(C)C)cc2)cc1F. The van der Waals surface area contributed by atoms with E-state index in [0.717, 1.165) is 24.8 Å². The molecule has 3 heteroatoms. The Morgan fingerprint density at radius 2 is 1.38 bits per heavy atom. The number of benzene rings is 2. The van der Waals surface area contributed by atoms with Gasteiger partial charge in [-0.1, -0.05) is 77.1 Å². The number of hydrogen-bond donors (Lipinski definition) is 0. The fourth-order valence-corrected chi connectivity index (χ4v) is 2.98. The molecule has 0 bridgehead atoms. The molecule has 2 rings (SSSR count). The van der Waals surface area contributed by atoms with E-state index in [-0.39, 0.29) is 5.75 Å². The van der Waals surface area contributed by atoms with Gasteiger partial charge in [-0.05, 0) is 41.2 Å². The number of halogens is 2. The molecule has 142 valence electrons. The quantitative estimate of drug-likeness (QED) is 0.399. The highest BCUT2D eigenvalue weighted by atomic mass is 19.1. The van der Waals surface area contributed by atoms with Crippen molar-refractivity contribution in [3.63, 3.8) is 0 Å². The second-order valence-corrected chi connectivity index (χ2v) is 7.16. The maximum atomic E-state index is 14.3. The molecule has 0 aromatic heterocycles. The van der Waals surface area contributed by atoms with Crippen LogP contribution in [0.2, 0.25) is 0 Å². The molecule has 1 nitrogen and oxygen atoms in total. The van der Waals surface area contributed by atoms with Crippen molar-refractivity contribution in [1.29, 1.82) is 0 Å². The number of rotatable bonds is 10. The van der Waals surface area contributed by atoms with Crippen molar-refractivity contribution in [1.82, 2.24) is 0 Å². The summed E-state index contributed by atoms with van der Waals surface area (Å²) in [6, 6.07) is 10.5. The van der Waals surface area contributed by atoms with Crippen molar-refractivity contribution in [2.45, 2.75) is 65.2 Å². The molecule has 0 N–H and O–H groups in total. The summed E-state index contributed by atoms with van der Waals surface area (Å²) in [5.74, 6) is -1.12. The van der Waals surface area contributed by atoms with Gasteiger partial charge in [0.2, 0.25) is 0 Å². The largest absolute Gasteiger partial charge is 0.488 e. The summed E-state index contributed by atoms with van der Waals surface area (Å²) >= 11 is 0. The highest BCUT2D eigenvalue weighted by Gasteiger charge is 2.14. The lowest BCUT2D eigenvalue weighted by Gasteiger charge is -2.11. The zero-order valence-electron chi connectivity index (χ0n) is 16.2. The predicted molar refractivity (Wildman–Crippen MR) is 105 cm³/mol. The molecule has 0 aliphatic heterocycles. The Kier molecular flexibility index (Phi) is 8.08. The number of hydrogen-bond acceptors (Lipinski definition) is 1. The molecule has 0 unspecified atom stereocenters. The third-order valence-corrected chi connectivity index (χ3v) is 4.65. The Bertz CT molecular complexity index is 654. The van der Waals surface area contributed by atoms with Gasteiger partial charge in [-0.25, -0.2) is 8.78 Å². The first-order valence-electron chi connectivity index (χ1n) is 9.75. The zero-order valence-corrected chi connectivity index (χ0v) is 16.2. The third kappa shape index (κ3) is 5.82. The number of ether oxygens (including phenoxy) is 1. The van der Waals surface area contributed by atoms with Gasteiger partial charge in [0.05, 0.1) is 6.61 Å². The van der Waals surface area contributed by atoms with Crippen LogP contribution in [0.15, 0.2) is 36.4 Å². The van der Waals surface area contributed by atoms with Gasteiger partial charge in [-0.15, -0.1) is 0 Å². The van der Waals surface area contributed by atoms with Crippen LogP contribution in [-0.2, 0) is 0 Å². The van der Waals surface area contributed by atoms with E-state index >= 15 is 0 Å². The van der Waals surface area contributed by atoms with Crippen molar-refractivity contribution < 1.29 is 13.5 Å². The van der Waals surface area contributed by atoms with Crippen molar-refractivity contribution in [3.05, 3.63) is 53.6 Å². The van der Waals surface area contributed by atoms with E-state index in [0.29, 0.717) is 18.1 Å². The fourth-order valence-electron chi connectivity index (χ4n) is 2.98. The molecule has 0 fully saturated rings. The Balaban J connectivity index is 1.97. The monoisotopic (exact) mass is 360 g/mol. The summed E-state index contributed by atoms with van der Waals surface area (Å²) in [7, 11) is 0. The predicted octanol–water partition coefficient (Wildman–Crippen LogP) is 7.49. The van der Waals surface area contributed by atoms with Crippen molar-refractivity contribution in [2.75, 3.05) is 6.61 Å². The summed E-state index contributed by atoms with van der Waals surface area (Å²) in [6.07, 6.45) is 6.66. The molecule has 0 saturated carbocycles. The molecule has 2 aromatic rings. The Hall–Kier alpha value is -1.90. The zero-order chi connectivity index (χ0) is 18.9. The molecule has 26 heavy (non-hydrogen) atoms. The minimum Gasteiger partial charge on any atom is -0.488 e. The van der Waals surface area contributed by atoms with Gasteiger partial charge < -0.3 is 4.74 Å². The lowest BCUT2D eigenvalue weighted by Crippen LogP contribution is -2.02. The summed E-state index contributed by atoms with van der Waals surface area (Å²) in [6.45, 7) is 6.76. The van der Waals surface area contributed by atoms with Crippen LogP contribution < -0.4 is 4.74 Å². The van der Waals surface area contributed by atoms with Crippen LogP contribution in [-0.4, -0.2) is 6.61 Å². The van der Waals surface area contributed by atoms with Gasteiger partial charge in [0.1, 0.15) is 0 Å². The van der Waals surface area contributed by atoms with Crippen LogP contribution >= 0.6 is 0 Å². The molecule has 0 aliphatic carbocycles. The molecule has 0 amide bonds. The van der Waals surface area contributed by atoms with Gasteiger partial charge in [0.25, 0.3) is 0 Å². The van der Waals surface area contributed by atoms with Gasteiger partial charge in [-0.3, -0.25) is 0 Å². The van der Waals surface area contributed by atoms with Crippen LogP contribution in [0.25, 0.3) is 11.1 Å². The molecule has 2 aromatic carbocycles. The van der Waals surface area contributed by atoms with E-state index in [1.807, 2.05) is 24.3 Å². The average Bonchev–Trinajstić information content (AvgIpc) is 2.62. The van der Waals surface area contributed by atoms with E-state index in [1.54, 1.807) is 0 Å². The minimum atomic E-state index is -0.640. The van der Waals surface area contributed by atoms with Gasteiger partial charge in [0.15, 0.2) is 17.4 Å². The maximum Gasteiger partial charge on any atom is 0.190 e. The first-order chi connectivity index (χ1) is 12.5. The summed E-state index contributed by atoms with van der Waals surface area (Å²) in [4.78, 5) is 0. The smallest absolute Gasteiger partial charge is 0.190 e. The molecule has 0 radical (unpaired) electrons. The Labute approximate surface area is 156 Å². The first kappa shape index (κ1) is 20.4. The second kappa shape index (κ2) is 10.3. The second-order valence-electron chi connectivity index (χ2n) is 7.16. The van der Waals surface area contributed by atoms with E-state index in [1.165, 1.54) is 37.0 Å². The summed E-state index contributed by atoms with van der Waals surface area (Å²) < 4.78 is 34.0. The summed E-state index contributed by atoms with van der Waals surface area (Å²) in [5.41, 5.74) is 2.53. The average molecular weight is 360 g/mol. The minimum absolute atomic E-state index is 0.263. The lowest BCUT2D eigenvalue weighted by molar-refractivity contribution is 0.275. The standard InChI is InChI=1S/C23H30F2O/c1-4-5-6-7-8-9-14-26-23-21(24)15-20(16-22(23)25)19-12-10-18(11-13-19)17(2)3/h10-13,15-17H,4-9,14H2,1-3H3. The number of unbranched alkanes of at least 4 members (excludes halogenated alkanes) is 5. The molecule has 0 spiro atoms. The molecule has 0 heterocycles. The van der Waals surface area contributed by atoms with Crippen molar-refractivity contribution in [3.8, 4) is 16.9 Å². The van der Waals surface area contributed by atoms with E-state index in [2.05, 4.69) is 20.8 Å². The van der Waals surface area contributed by atoms with Gasteiger partial charge >= 0.3 is 0 Å². The molecule has 0 saturated heterocycles. The Morgan fingerprint density at radius 1 is 0.808 bits per heavy atom. The lowest BCUT2D eigenvalue weighted by atomic mass is 9.98. The van der Waals surface area contributed by atoms with Crippen molar-refractivity contribution >= 4 is 0 Å². The van der Waals surface area contributed by atoms with E-state index < -0.39 is 11.6 Å². The van der Waals surface area contributed by atoms with E-state index in [4.69, 9.17) is 4.74 Å². The maximum absolute atomic E-state index is 14.3. The van der Waals surface area contributed by atoms with Crippen LogP contribution in [0.5, 0.6) is 5.75 Å². The first-order valence-corrected chi connectivity index (χ1v) is 9.75. The topological polar surface area (TPSA) is 9.23 Å². The highest BCUT2D eigenvalue weighted by molar-refractivity contribution is 5.65. The molecule has 0 aliphatic rings. The Morgan fingerprint density at radius 3 is 1.96 bits per heavy atom. The van der Waals surface area contributed by atoms with Crippen LogP contribution in [0.3, 0.4) is 0 Å². The van der Waals surface area contributed by atoms with Crippen LogP contribution in [0.1, 0.15) is 70.8 Å². The van der Waals surface area contributed by atoms with Crippen LogP contribution in [0.4, 0.5) is 8.78 Å². The molecular formula is C23H30F2O.